The second-order valence-corrected chi connectivity index (χ2v) is 7.02. The van der Waals surface area contributed by atoms with Crippen LogP contribution >= 0.6 is 12.2 Å². The molecule has 0 saturated heterocycles. The van der Waals surface area contributed by atoms with E-state index in [4.69, 9.17) is 12.2 Å². The summed E-state index contributed by atoms with van der Waals surface area (Å²) in [7, 11) is 0. The molecule has 0 aliphatic carbocycles. The van der Waals surface area contributed by atoms with Crippen molar-refractivity contribution in [2.24, 2.45) is 0 Å². The number of nitrogens with one attached hydrogen (secondary N) is 1. The molecule has 0 unspecified atom stereocenters. The summed E-state index contributed by atoms with van der Waals surface area (Å²) in [5.74, 6) is -0.0852. The largest absolute Gasteiger partial charge is 0.502 e. The molecule has 29 heavy (non-hydrogen) atoms. The minimum absolute atomic E-state index is 0.0496. The van der Waals surface area contributed by atoms with Crippen molar-refractivity contribution in [2.45, 2.75) is 13.8 Å². The maximum atomic E-state index is 11.0. The van der Waals surface area contributed by atoms with Gasteiger partial charge in [0.15, 0.2) is 23.1 Å². The Morgan fingerprint density at radius 3 is 2.17 bits per heavy atom. The van der Waals surface area contributed by atoms with Crippen molar-refractivity contribution in [1.29, 1.82) is 0 Å². The van der Waals surface area contributed by atoms with Crippen LogP contribution in [0.2, 0.25) is 0 Å². The van der Waals surface area contributed by atoms with Gasteiger partial charge in [0.05, 0.1) is 4.92 Å². The van der Waals surface area contributed by atoms with E-state index in [0.29, 0.717) is 16.2 Å². The maximum absolute atomic E-state index is 11.0. The number of pyridine rings is 1. The van der Waals surface area contributed by atoms with Crippen molar-refractivity contribution in [3.8, 4) is 0 Å². The summed E-state index contributed by atoms with van der Waals surface area (Å²) in [6.45, 7) is 4.00. The van der Waals surface area contributed by atoms with Crippen LogP contribution in [-0.2, 0) is 0 Å². The Bertz CT molecular complexity index is 1070. The van der Waals surface area contributed by atoms with Crippen molar-refractivity contribution in [3.05, 3.63) is 99.9 Å². The lowest BCUT2D eigenvalue weighted by Crippen LogP contribution is -2.38. The number of anilines is 1. The van der Waals surface area contributed by atoms with Gasteiger partial charge in [-0.25, -0.2) is 0 Å². The molecule has 0 bridgehead atoms. The van der Waals surface area contributed by atoms with Crippen LogP contribution in [0.4, 0.5) is 11.4 Å². The van der Waals surface area contributed by atoms with Crippen LogP contribution in [0, 0.1) is 24.0 Å². The average molecular weight is 406 g/mol. The van der Waals surface area contributed by atoms with Crippen LogP contribution in [0.5, 0.6) is 0 Å². The van der Waals surface area contributed by atoms with Gasteiger partial charge in [0, 0.05) is 35.5 Å². The third-order valence-electron chi connectivity index (χ3n) is 4.24. The molecule has 1 aromatic heterocycles. The number of hydrogen-bond acceptors (Lipinski definition) is 4. The molecule has 2 N–H and O–H groups in total. The van der Waals surface area contributed by atoms with Crippen molar-refractivity contribution >= 4 is 40.0 Å². The summed E-state index contributed by atoms with van der Waals surface area (Å²) in [6.07, 6.45) is 3.54. The summed E-state index contributed by atoms with van der Waals surface area (Å²) in [5, 5.41) is 25.1. The van der Waals surface area contributed by atoms with Crippen molar-refractivity contribution < 1.29 is 14.6 Å². The van der Waals surface area contributed by atoms with Crippen LogP contribution in [-0.4, -0.2) is 15.0 Å². The van der Waals surface area contributed by atoms with Gasteiger partial charge in [-0.1, -0.05) is 24.4 Å². The van der Waals surface area contributed by atoms with E-state index in [-0.39, 0.29) is 11.4 Å². The number of nitro benzene ring substituents is 1. The van der Waals surface area contributed by atoms with E-state index in [0.717, 1.165) is 16.8 Å². The number of non-ortho nitro benzene ring substituents is 1. The first-order valence-electron chi connectivity index (χ1n) is 8.89. The lowest BCUT2D eigenvalue weighted by atomic mass is 10.1. The fourth-order valence-corrected chi connectivity index (χ4v) is 3.33. The smallest absolute Gasteiger partial charge is 0.288 e. The Hall–Kier alpha value is -3.58. The quantitative estimate of drug-likeness (QED) is 0.159. The molecule has 6 nitrogen and oxygen atoms in total. The van der Waals surface area contributed by atoms with E-state index in [2.05, 4.69) is 11.4 Å². The van der Waals surface area contributed by atoms with Crippen molar-refractivity contribution in [3.63, 3.8) is 0 Å². The van der Waals surface area contributed by atoms with Crippen molar-refractivity contribution in [2.75, 3.05) is 5.32 Å². The first kappa shape index (κ1) is 20.2. The summed E-state index contributed by atoms with van der Waals surface area (Å²) in [6, 6.07) is 17.2. The Morgan fingerprint density at radius 1 is 1.03 bits per heavy atom. The molecule has 0 amide bonds. The van der Waals surface area contributed by atoms with Crippen LogP contribution in [0.15, 0.2) is 73.1 Å². The molecule has 0 atom stereocenters. The predicted octanol–water partition coefficient (Wildman–Crippen LogP) is 4.82. The number of aliphatic hydroxyl groups is 1. The summed E-state index contributed by atoms with van der Waals surface area (Å²) >= 11 is 5.61. The Kier molecular flexibility index (Phi) is 5.99. The first-order chi connectivity index (χ1) is 13.8. The predicted molar refractivity (Wildman–Crippen MR) is 118 cm³/mol. The molecule has 3 rings (SSSR count). The third kappa shape index (κ3) is 4.83. The lowest BCUT2D eigenvalue weighted by molar-refractivity contribution is -0.575. The second-order valence-electron chi connectivity index (χ2n) is 6.61. The van der Waals surface area contributed by atoms with E-state index in [1.54, 1.807) is 17.0 Å². The van der Waals surface area contributed by atoms with Crippen LogP contribution in [0.1, 0.15) is 16.7 Å². The third-order valence-corrected chi connectivity index (χ3v) is 4.54. The fourth-order valence-electron chi connectivity index (χ4n) is 3.01. The van der Waals surface area contributed by atoms with E-state index >= 15 is 0 Å². The fraction of sp³-hybridized carbons (Fsp3) is 0.0909. The molecule has 7 heteroatoms. The Labute approximate surface area is 173 Å². The number of aromatic nitrogens is 1. The molecule has 0 radical (unpaired) electrons. The number of hydrogen-bond donors (Lipinski definition) is 2. The highest BCUT2D eigenvalue weighted by atomic mass is 32.1. The Balaban J connectivity index is 2.05. The summed E-state index contributed by atoms with van der Waals surface area (Å²) in [5.41, 5.74) is 3.74. The van der Waals surface area contributed by atoms with E-state index in [9.17, 15) is 15.2 Å². The molecular weight excluding hydrogens is 386 g/mol. The first-order valence-corrected chi connectivity index (χ1v) is 9.30. The topological polar surface area (TPSA) is 79.3 Å². The molecule has 1 heterocycles. The number of thiocarbonyl (C=S) groups is 1. The molecule has 146 valence electrons. The molecule has 0 spiro atoms. The number of aryl methyl sites for hydroxylation is 2. The van der Waals surface area contributed by atoms with Gasteiger partial charge in [0.1, 0.15) is 0 Å². The van der Waals surface area contributed by atoms with Gasteiger partial charge >= 0.3 is 0 Å². The molecule has 2 aromatic carbocycles. The zero-order valence-corrected chi connectivity index (χ0v) is 16.8. The number of nitro groups is 1. The van der Waals surface area contributed by atoms with Gasteiger partial charge < -0.3 is 10.4 Å². The minimum atomic E-state index is -0.482. The van der Waals surface area contributed by atoms with Gasteiger partial charge in [-0.05, 0) is 49.2 Å². The molecule has 0 aliphatic rings. The van der Waals surface area contributed by atoms with Gasteiger partial charge in [-0.15, -0.1) is 0 Å². The minimum Gasteiger partial charge on any atom is -0.502 e. The SMILES string of the molecule is Cc1cc(C)cc(NC(=S)C(=C(O)c2ccc([N+](=O)[O-])cc2)[n+]2ccccc2)c1. The number of benzene rings is 2. The van der Waals surface area contributed by atoms with Gasteiger partial charge in [-0.2, -0.15) is 4.57 Å². The lowest BCUT2D eigenvalue weighted by Gasteiger charge is -2.11. The van der Waals surface area contributed by atoms with Gasteiger partial charge in [0.25, 0.3) is 11.4 Å². The highest BCUT2D eigenvalue weighted by Crippen LogP contribution is 2.22. The van der Waals surface area contributed by atoms with Crippen LogP contribution < -0.4 is 9.88 Å². The molecule has 0 saturated carbocycles. The van der Waals surface area contributed by atoms with E-state index in [1.807, 2.05) is 44.2 Å². The van der Waals surface area contributed by atoms with E-state index < -0.39 is 4.92 Å². The monoisotopic (exact) mass is 406 g/mol. The van der Waals surface area contributed by atoms with Crippen LogP contribution in [0.25, 0.3) is 11.5 Å². The molecule has 3 aromatic rings. The summed E-state index contributed by atoms with van der Waals surface area (Å²) < 4.78 is 1.70. The number of rotatable bonds is 5. The highest BCUT2D eigenvalue weighted by Gasteiger charge is 2.24. The zero-order valence-electron chi connectivity index (χ0n) is 16.0. The molecular formula is C22H20N3O3S+. The summed E-state index contributed by atoms with van der Waals surface area (Å²) in [4.78, 5) is 10.7. The van der Waals surface area contributed by atoms with Gasteiger partial charge in [0.2, 0.25) is 0 Å². The maximum Gasteiger partial charge on any atom is 0.288 e. The van der Waals surface area contributed by atoms with Crippen molar-refractivity contribution in [1.82, 2.24) is 0 Å². The Morgan fingerprint density at radius 2 is 1.62 bits per heavy atom. The van der Waals surface area contributed by atoms with E-state index in [1.165, 1.54) is 24.3 Å². The average Bonchev–Trinajstić information content (AvgIpc) is 2.68. The standard InChI is InChI=1S/C22H19N3O3S/c1-15-12-16(2)14-18(13-15)23-22(29)20(24-10-4-3-5-11-24)21(26)17-6-8-19(9-7-17)25(27)28/h3-14H,1-2H3,(H-,23,26,29)/p+1. The zero-order chi connectivity index (χ0) is 21.0. The normalized spacial score (nSPS) is 11.5. The highest BCUT2D eigenvalue weighted by molar-refractivity contribution is 7.81. The second kappa shape index (κ2) is 8.62. The van der Waals surface area contributed by atoms with Crippen LogP contribution in [0.3, 0.4) is 0 Å². The molecule has 0 fully saturated rings. The number of aliphatic hydroxyl groups excluding tert-OH is 1. The number of nitrogens with zero attached hydrogens (tertiary/aromatic N) is 2. The molecule has 0 aliphatic heterocycles. The van der Waals surface area contributed by atoms with Gasteiger partial charge in [-0.3, -0.25) is 10.1 Å².